The summed E-state index contributed by atoms with van der Waals surface area (Å²) in [6, 6.07) is 0.750. The fraction of sp³-hybridized carbons (Fsp3) is 1.00. The second-order valence-corrected chi connectivity index (χ2v) is 6.37. The van der Waals surface area contributed by atoms with Gasteiger partial charge >= 0.3 is 0 Å². The molecule has 0 aromatic rings. The molecule has 0 amide bonds. The van der Waals surface area contributed by atoms with E-state index in [-0.39, 0.29) is 5.54 Å². The average Bonchev–Trinajstić information content (AvgIpc) is 2.38. The van der Waals surface area contributed by atoms with E-state index in [1.807, 2.05) is 0 Å². The van der Waals surface area contributed by atoms with Crippen molar-refractivity contribution in [3.05, 3.63) is 0 Å². The summed E-state index contributed by atoms with van der Waals surface area (Å²) in [5.41, 5.74) is 6.44. The van der Waals surface area contributed by atoms with Crippen molar-refractivity contribution < 1.29 is 0 Å². The molecule has 1 saturated carbocycles. The van der Waals surface area contributed by atoms with Gasteiger partial charge in [0.2, 0.25) is 0 Å². The number of nitrogens with zero attached hydrogens (tertiary/aromatic N) is 1. The van der Waals surface area contributed by atoms with Crippen molar-refractivity contribution in [3.8, 4) is 0 Å². The zero-order valence-electron chi connectivity index (χ0n) is 13.0. The number of rotatable bonds is 7. The van der Waals surface area contributed by atoms with E-state index in [0.717, 1.165) is 18.5 Å². The lowest BCUT2D eigenvalue weighted by atomic mass is 9.79. The molecule has 0 saturated heterocycles. The Morgan fingerprint density at radius 2 is 1.67 bits per heavy atom. The zero-order valence-corrected chi connectivity index (χ0v) is 13.0. The maximum Gasteiger partial charge on any atom is 0.0331 e. The molecule has 0 aromatic carbocycles. The van der Waals surface area contributed by atoms with E-state index in [9.17, 15) is 0 Å². The summed E-state index contributed by atoms with van der Waals surface area (Å²) in [5.74, 6) is 0.836. The molecule has 2 N–H and O–H groups in total. The average molecular weight is 254 g/mol. The van der Waals surface area contributed by atoms with Crippen LogP contribution < -0.4 is 5.73 Å². The smallest absolute Gasteiger partial charge is 0.0331 e. The molecule has 1 aliphatic carbocycles. The number of likely N-dealkylation sites (N-methyl/N-ethyl adjacent to an activating group) is 1. The molecule has 18 heavy (non-hydrogen) atoms. The molecule has 0 bridgehead atoms. The van der Waals surface area contributed by atoms with Crippen molar-refractivity contribution in [2.75, 3.05) is 13.6 Å². The van der Waals surface area contributed by atoms with Crippen LogP contribution in [0.3, 0.4) is 0 Å². The highest BCUT2D eigenvalue weighted by atomic mass is 15.2. The Bertz CT molecular complexity index is 221. The predicted molar refractivity (Wildman–Crippen MR) is 80.8 cm³/mol. The van der Waals surface area contributed by atoms with Crippen molar-refractivity contribution >= 4 is 0 Å². The van der Waals surface area contributed by atoms with Gasteiger partial charge in [-0.2, -0.15) is 0 Å². The Balaban J connectivity index is 2.81. The zero-order chi connectivity index (χ0) is 13.6. The van der Waals surface area contributed by atoms with Crippen LogP contribution in [0, 0.1) is 5.92 Å². The Kier molecular flexibility index (Phi) is 6.65. The van der Waals surface area contributed by atoms with Crippen LogP contribution in [-0.4, -0.2) is 30.1 Å². The Morgan fingerprint density at radius 1 is 1.11 bits per heavy atom. The minimum atomic E-state index is 0.250. The van der Waals surface area contributed by atoms with E-state index >= 15 is 0 Å². The molecule has 1 aliphatic rings. The fourth-order valence-electron chi connectivity index (χ4n) is 3.98. The highest BCUT2D eigenvalue weighted by molar-refractivity contribution is 4.95. The van der Waals surface area contributed by atoms with Crippen LogP contribution >= 0.6 is 0 Å². The first-order valence-electron chi connectivity index (χ1n) is 8.04. The predicted octanol–water partition coefficient (Wildman–Crippen LogP) is 3.79. The highest BCUT2D eigenvalue weighted by Gasteiger charge is 2.38. The second kappa shape index (κ2) is 7.49. The van der Waals surface area contributed by atoms with Gasteiger partial charge < -0.3 is 5.73 Å². The summed E-state index contributed by atoms with van der Waals surface area (Å²) in [7, 11) is 2.34. The van der Waals surface area contributed by atoms with E-state index in [0.29, 0.717) is 0 Å². The Hall–Kier alpha value is -0.0800. The molecule has 2 unspecified atom stereocenters. The lowest BCUT2D eigenvalue weighted by molar-refractivity contribution is 0.0188. The van der Waals surface area contributed by atoms with Gasteiger partial charge in [-0.3, -0.25) is 4.90 Å². The SMILES string of the molecule is CCCC(CN)(CCC)N(C)C1CCCCC1C. The van der Waals surface area contributed by atoms with Crippen molar-refractivity contribution in [1.82, 2.24) is 4.90 Å². The van der Waals surface area contributed by atoms with E-state index in [4.69, 9.17) is 5.73 Å². The van der Waals surface area contributed by atoms with Crippen LogP contribution in [-0.2, 0) is 0 Å². The summed E-state index contributed by atoms with van der Waals surface area (Å²) in [5, 5.41) is 0. The van der Waals surface area contributed by atoms with E-state index in [1.54, 1.807) is 0 Å². The molecule has 0 aliphatic heterocycles. The summed E-state index contributed by atoms with van der Waals surface area (Å²) >= 11 is 0. The van der Waals surface area contributed by atoms with Gasteiger partial charge in [-0.1, -0.05) is 46.5 Å². The third-order valence-electron chi connectivity index (χ3n) is 5.12. The van der Waals surface area contributed by atoms with Crippen LogP contribution in [0.4, 0.5) is 0 Å². The third-order valence-corrected chi connectivity index (χ3v) is 5.12. The summed E-state index contributed by atoms with van der Waals surface area (Å²) in [4.78, 5) is 2.67. The topological polar surface area (TPSA) is 29.3 Å². The minimum absolute atomic E-state index is 0.250. The van der Waals surface area contributed by atoms with Crippen LogP contribution in [0.5, 0.6) is 0 Å². The third kappa shape index (κ3) is 3.48. The molecule has 2 atom stereocenters. The molecule has 2 heteroatoms. The molecule has 108 valence electrons. The first kappa shape index (κ1) is 16.0. The fourth-order valence-corrected chi connectivity index (χ4v) is 3.98. The number of nitrogens with two attached hydrogens (primary N) is 1. The molecule has 1 fully saturated rings. The molecule has 0 aromatic heterocycles. The van der Waals surface area contributed by atoms with Crippen molar-refractivity contribution in [2.24, 2.45) is 11.7 Å². The van der Waals surface area contributed by atoms with Gasteiger partial charge in [0.1, 0.15) is 0 Å². The molecule has 0 spiro atoms. The lowest BCUT2D eigenvalue weighted by Crippen LogP contribution is -2.57. The highest BCUT2D eigenvalue weighted by Crippen LogP contribution is 2.35. The van der Waals surface area contributed by atoms with Gasteiger partial charge in [0, 0.05) is 18.1 Å². The van der Waals surface area contributed by atoms with E-state index in [1.165, 1.54) is 51.4 Å². The lowest BCUT2D eigenvalue weighted by Gasteiger charge is -2.49. The number of hydrogen-bond acceptors (Lipinski definition) is 2. The van der Waals surface area contributed by atoms with E-state index < -0.39 is 0 Å². The van der Waals surface area contributed by atoms with E-state index in [2.05, 4.69) is 32.7 Å². The summed E-state index contributed by atoms with van der Waals surface area (Å²) in [6.45, 7) is 7.82. The standard InChI is InChI=1S/C16H34N2/c1-5-11-16(13-17,12-6-2)18(4)15-10-8-7-9-14(15)3/h14-15H,5-13,17H2,1-4H3. The quantitative estimate of drug-likeness (QED) is 0.749. The molecule has 0 heterocycles. The first-order valence-corrected chi connectivity index (χ1v) is 8.04. The van der Waals surface area contributed by atoms with Crippen LogP contribution in [0.25, 0.3) is 0 Å². The van der Waals surface area contributed by atoms with Gasteiger partial charge in [0.05, 0.1) is 0 Å². The van der Waals surface area contributed by atoms with Gasteiger partial charge in [0.15, 0.2) is 0 Å². The molecule has 2 nitrogen and oxygen atoms in total. The molecule has 0 radical (unpaired) electrons. The van der Waals surface area contributed by atoms with Gasteiger partial charge in [-0.05, 0) is 38.6 Å². The molecular weight excluding hydrogens is 220 g/mol. The largest absolute Gasteiger partial charge is 0.329 e. The maximum absolute atomic E-state index is 6.19. The molecular formula is C16H34N2. The minimum Gasteiger partial charge on any atom is -0.329 e. The van der Waals surface area contributed by atoms with Crippen LogP contribution in [0.1, 0.15) is 72.1 Å². The van der Waals surface area contributed by atoms with Crippen LogP contribution in [0.2, 0.25) is 0 Å². The van der Waals surface area contributed by atoms with Gasteiger partial charge in [-0.15, -0.1) is 0 Å². The number of hydrogen-bond donors (Lipinski definition) is 1. The second-order valence-electron chi connectivity index (χ2n) is 6.37. The van der Waals surface area contributed by atoms with Gasteiger partial charge in [0.25, 0.3) is 0 Å². The van der Waals surface area contributed by atoms with Crippen LogP contribution in [0.15, 0.2) is 0 Å². The van der Waals surface area contributed by atoms with Crippen molar-refractivity contribution in [3.63, 3.8) is 0 Å². The van der Waals surface area contributed by atoms with Crippen molar-refractivity contribution in [2.45, 2.75) is 83.7 Å². The summed E-state index contributed by atoms with van der Waals surface area (Å²) in [6.07, 6.45) is 10.6. The molecule has 1 rings (SSSR count). The summed E-state index contributed by atoms with van der Waals surface area (Å²) < 4.78 is 0. The normalized spacial score (nSPS) is 25.7. The van der Waals surface area contributed by atoms with Crippen molar-refractivity contribution in [1.29, 1.82) is 0 Å². The Labute approximate surface area is 114 Å². The maximum atomic E-state index is 6.19. The monoisotopic (exact) mass is 254 g/mol. The first-order chi connectivity index (χ1) is 8.61. The Morgan fingerprint density at radius 3 is 2.11 bits per heavy atom. The van der Waals surface area contributed by atoms with Gasteiger partial charge in [-0.25, -0.2) is 0 Å².